The molecule has 3 aromatic carbocycles. The number of para-hydroxylation sites is 1. The van der Waals surface area contributed by atoms with Crippen LogP contribution in [0.3, 0.4) is 0 Å². The van der Waals surface area contributed by atoms with E-state index in [9.17, 15) is 14.9 Å². The molecule has 0 aliphatic heterocycles. The molecule has 9 nitrogen and oxygen atoms in total. The molecule has 0 aliphatic carbocycles. The molecule has 0 aliphatic rings. The first kappa shape index (κ1) is 30.1. The Balaban J connectivity index is 1.82. The summed E-state index contributed by atoms with van der Waals surface area (Å²) in [4.78, 5) is 29.4. The molecule has 9 heteroatoms. The van der Waals surface area contributed by atoms with Crippen molar-refractivity contribution in [1.82, 2.24) is 13.9 Å². The highest BCUT2D eigenvalue weighted by Gasteiger charge is 2.28. The normalized spacial score (nSPS) is 11.0. The van der Waals surface area contributed by atoms with Crippen LogP contribution < -0.4 is 15.0 Å². The van der Waals surface area contributed by atoms with E-state index in [4.69, 9.17) is 14.2 Å². The molecule has 0 radical (unpaired) electrons. The van der Waals surface area contributed by atoms with Gasteiger partial charge < -0.3 is 18.8 Å². The zero-order chi connectivity index (χ0) is 31.2. The number of rotatable bonds is 11. The predicted octanol–water partition coefficient (Wildman–Crippen LogP) is 5.51. The summed E-state index contributed by atoms with van der Waals surface area (Å²) < 4.78 is 19.5. The molecule has 44 heavy (non-hydrogen) atoms. The molecule has 2 heterocycles. The topological polar surface area (TPSA) is 98.2 Å². The molecule has 5 aromatic rings. The first-order chi connectivity index (χ1) is 21.4. The Kier molecular flexibility index (Phi) is 9.12. The lowest BCUT2D eigenvalue weighted by Gasteiger charge is -2.19. The van der Waals surface area contributed by atoms with Crippen molar-refractivity contribution in [2.75, 3.05) is 27.9 Å². The third kappa shape index (κ3) is 5.93. The SMILES string of the molecule is CCOC(=O)c1cn(Cc2ccccc2OC)c2c(C#N)c(-c3ccc(OC)cc3)c(CN(C)Cc3ccccc3)n2c1=O. The van der Waals surface area contributed by atoms with Crippen LogP contribution >= 0.6 is 0 Å². The quantitative estimate of drug-likeness (QED) is 0.187. The average molecular weight is 591 g/mol. The van der Waals surface area contributed by atoms with Crippen LogP contribution in [0, 0.1) is 11.3 Å². The van der Waals surface area contributed by atoms with E-state index in [1.54, 1.807) is 25.7 Å². The van der Waals surface area contributed by atoms with Crippen molar-refractivity contribution in [3.8, 4) is 28.7 Å². The molecule has 0 atom stereocenters. The second kappa shape index (κ2) is 13.3. The molecule has 224 valence electrons. The number of methoxy groups -OCH3 is 2. The highest BCUT2D eigenvalue weighted by atomic mass is 16.5. The van der Waals surface area contributed by atoms with Gasteiger partial charge in [0.05, 0.1) is 33.1 Å². The molecule has 0 saturated carbocycles. The Hall–Kier alpha value is -5.33. The molecule has 0 fully saturated rings. The van der Waals surface area contributed by atoms with Crippen LogP contribution in [0.5, 0.6) is 11.5 Å². The summed E-state index contributed by atoms with van der Waals surface area (Å²) in [5, 5.41) is 10.7. The second-order valence-electron chi connectivity index (χ2n) is 10.4. The van der Waals surface area contributed by atoms with E-state index in [1.165, 1.54) is 10.6 Å². The molecular formula is C35H34N4O5. The molecule has 0 saturated heterocycles. The number of fused-ring (bicyclic) bond motifs is 1. The summed E-state index contributed by atoms with van der Waals surface area (Å²) in [6, 6.07) is 27.3. The number of carbonyl (C=O) groups is 1. The smallest absolute Gasteiger partial charge is 0.345 e. The molecule has 0 unspecified atom stereocenters. The van der Waals surface area contributed by atoms with Gasteiger partial charge in [0.2, 0.25) is 0 Å². The summed E-state index contributed by atoms with van der Waals surface area (Å²) in [5.41, 5.74) is 3.89. The lowest BCUT2D eigenvalue weighted by atomic mass is 10.0. The maximum atomic E-state index is 14.2. The van der Waals surface area contributed by atoms with E-state index < -0.39 is 11.5 Å². The Morgan fingerprint density at radius 3 is 2.30 bits per heavy atom. The van der Waals surface area contributed by atoms with Crippen molar-refractivity contribution in [2.24, 2.45) is 0 Å². The number of nitriles is 1. The van der Waals surface area contributed by atoms with Gasteiger partial charge in [-0.15, -0.1) is 0 Å². The zero-order valence-corrected chi connectivity index (χ0v) is 25.2. The third-order valence-electron chi connectivity index (χ3n) is 7.47. The molecule has 0 amide bonds. The Morgan fingerprint density at radius 2 is 1.64 bits per heavy atom. The number of carbonyl (C=O) groups excluding carboxylic acids is 1. The molecule has 0 spiro atoms. The first-order valence-corrected chi connectivity index (χ1v) is 14.3. The van der Waals surface area contributed by atoms with E-state index in [-0.39, 0.29) is 18.7 Å². The lowest BCUT2D eigenvalue weighted by Crippen LogP contribution is -2.29. The van der Waals surface area contributed by atoms with E-state index >= 15 is 0 Å². The first-order valence-electron chi connectivity index (χ1n) is 14.3. The fourth-order valence-electron chi connectivity index (χ4n) is 5.51. The number of nitrogens with zero attached hydrogens (tertiary/aromatic N) is 4. The number of hydrogen-bond donors (Lipinski definition) is 0. The molecule has 0 bridgehead atoms. The number of ether oxygens (including phenoxy) is 3. The fourth-order valence-corrected chi connectivity index (χ4v) is 5.51. The van der Waals surface area contributed by atoms with Crippen molar-refractivity contribution in [2.45, 2.75) is 26.6 Å². The van der Waals surface area contributed by atoms with Crippen molar-refractivity contribution in [1.29, 1.82) is 5.26 Å². The minimum Gasteiger partial charge on any atom is -0.497 e. The fraction of sp³-hybridized carbons (Fsp3) is 0.229. The van der Waals surface area contributed by atoms with Crippen LogP contribution in [0.1, 0.15) is 39.7 Å². The second-order valence-corrected chi connectivity index (χ2v) is 10.4. The number of esters is 1. The number of aromatic nitrogens is 2. The highest BCUT2D eigenvalue weighted by molar-refractivity contribution is 5.90. The van der Waals surface area contributed by atoms with Gasteiger partial charge in [-0.3, -0.25) is 14.1 Å². The van der Waals surface area contributed by atoms with Crippen molar-refractivity contribution < 1.29 is 19.0 Å². The van der Waals surface area contributed by atoms with E-state index in [0.29, 0.717) is 47.1 Å². The highest BCUT2D eigenvalue weighted by Crippen LogP contribution is 2.35. The zero-order valence-electron chi connectivity index (χ0n) is 25.2. The van der Waals surface area contributed by atoms with Crippen molar-refractivity contribution in [3.05, 3.63) is 123 Å². The molecular weight excluding hydrogens is 556 g/mol. The van der Waals surface area contributed by atoms with Gasteiger partial charge in [0.1, 0.15) is 34.3 Å². The van der Waals surface area contributed by atoms with Crippen molar-refractivity contribution >= 4 is 11.6 Å². The maximum Gasteiger partial charge on any atom is 0.345 e. The number of benzene rings is 3. The standard InChI is InChI=1S/C35H34N4O5/c1-5-44-35(41)29-22-38(21-26-13-9-10-14-31(26)43-4)33-28(19-36)32(25-15-17-27(42-3)18-16-25)30(39(33)34(29)40)23-37(2)20-24-11-7-6-8-12-24/h6-18,22H,5,20-21,23H2,1-4H3. The van der Waals surface area contributed by atoms with Crippen LogP contribution in [0.2, 0.25) is 0 Å². The third-order valence-corrected chi connectivity index (χ3v) is 7.47. The van der Waals surface area contributed by atoms with Crippen LogP contribution in [0.4, 0.5) is 0 Å². The molecule has 2 aromatic heterocycles. The van der Waals surface area contributed by atoms with Gasteiger partial charge in [-0.25, -0.2) is 4.79 Å². The Bertz CT molecular complexity index is 1890. The van der Waals surface area contributed by atoms with Crippen molar-refractivity contribution in [3.63, 3.8) is 0 Å². The Labute approximate surface area is 256 Å². The minimum absolute atomic E-state index is 0.113. The summed E-state index contributed by atoms with van der Waals surface area (Å²) in [5.74, 6) is 0.583. The van der Waals surface area contributed by atoms with E-state index in [1.807, 2.05) is 85.9 Å². The van der Waals surface area contributed by atoms with E-state index in [2.05, 4.69) is 11.0 Å². The van der Waals surface area contributed by atoms with Gasteiger partial charge in [0, 0.05) is 30.4 Å². The predicted molar refractivity (Wildman–Crippen MR) is 168 cm³/mol. The molecule has 0 N–H and O–H groups in total. The average Bonchev–Trinajstić information content (AvgIpc) is 3.37. The van der Waals surface area contributed by atoms with Crippen LogP contribution in [0.25, 0.3) is 16.8 Å². The minimum atomic E-state index is -0.727. The summed E-state index contributed by atoms with van der Waals surface area (Å²) in [6.45, 7) is 2.96. The molecule has 5 rings (SSSR count). The van der Waals surface area contributed by atoms with Crippen LogP contribution in [-0.4, -0.2) is 47.7 Å². The van der Waals surface area contributed by atoms with Crippen LogP contribution in [-0.2, 0) is 24.4 Å². The van der Waals surface area contributed by atoms with Gasteiger partial charge in [-0.05, 0) is 43.3 Å². The summed E-state index contributed by atoms with van der Waals surface area (Å²) in [6.07, 6.45) is 1.48. The van der Waals surface area contributed by atoms with Gasteiger partial charge >= 0.3 is 5.97 Å². The largest absolute Gasteiger partial charge is 0.497 e. The van der Waals surface area contributed by atoms with Crippen LogP contribution in [0.15, 0.2) is 89.9 Å². The van der Waals surface area contributed by atoms with Gasteiger partial charge in [0.25, 0.3) is 5.56 Å². The lowest BCUT2D eigenvalue weighted by molar-refractivity contribution is 0.0523. The van der Waals surface area contributed by atoms with Gasteiger partial charge in [-0.2, -0.15) is 5.26 Å². The summed E-state index contributed by atoms with van der Waals surface area (Å²) >= 11 is 0. The van der Waals surface area contributed by atoms with Gasteiger partial charge in [-0.1, -0.05) is 60.7 Å². The maximum absolute atomic E-state index is 14.2. The summed E-state index contributed by atoms with van der Waals surface area (Å²) in [7, 11) is 5.14. The van der Waals surface area contributed by atoms with E-state index in [0.717, 1.165) is 16.7 Å². The Morgan fingerprint density at radius 1 is 0.932 bits per heavy atom. The number of hydrogen-bond acceptors (Lipinski definition) is 7. The van der Waals surface area contributed by atoms with Gasteiger partial charge in [0.15, 0.2) is 0 Å². The monoisotopic (exact) mass is 590 g/mol.